The van der Waals surface area contributed by atoms with Crippen LogP contribution in [0, 0.1) is 5.82 Å². The Bertz CT molecular complexity index is 693. The summed E-state index contributed by atoms with van der Waals surface area (Å²) in [6.07, 6.45) is -0.758. The minimum atomic E-state index is -0.758. The zero-order chi connectivity index (χ0) is 16.8. The Kier molecular flexibility index (Phi) is 5.98. The second-order valence-corrected chi connectivity index (χ2v) is 5.61. The van der Waals surface area contributed by atoms with Gasteiger partial charge in [-0.1, -0.05) is 12.1 Å². The number of para-hydroxylation sites is 2. The molecule has 0 aliphatic heterocycles. The molecule has 6 heteroatoms. The number of amides is 1. The molecule has 1 unspecified atom stereocenters. The number of carbonyl (C=O) groups excluding carboxylic acids is 1. The highest BCUT2D eigenvalue weighted by atomic mass is 79.9. The van der Waals surface area contributed by atoms with Gasteiger partial charge in [-0.2, -0.15) is 0 Å². The topological polar surface area (TPSA) is 47.6 Å². The van der Waals surface area contributed by atoms with Crippen molar-refractivity contribution in [2.45, 2.75) is 20.0 Å². The number of nitrogens with one attached hydrogen (secondary N) is 1. The van der Waals surface area contributed by atoms with Crippen molar-refractivity contribution in [3.05, 3.63) is 52.8 Å². The van der Waals surface area contributed by atoms with Gasteiger partial charge in [-0.05, 0) is 60.1 Å². The van der Waals surface area contributed by atoms with Gasteiger partial charge in [0, 0.05) is 0 Å². The van der Waals surface area contributed by atoms with Crippen molar-refractivity contribution in [1.82, 2.24) is 0 Å². The second kappa shape index (κ2) is 7.97. The Labute approximate surface area is 142 Å². The quantitative estimate of drug-likeness (QED) is 0.806. The third-order valence-corrected chi connectivity index (χ3v) is 3.63. The van der Waals surface area contributed by atoms with E-state index in [0.29, 0.717) is 28.3 Å². The lowest BCUT2D eigenvalue weighted by Crippen LogP contribution is -2.30. The summed E-state index contributed by atoms with van der Waals surface area (Å²) in [5, 5.41) is 2.77. The van der Waals surface area contributed by atoms with E-state index in [2.05, 4.69) is 21.2 Å². The zero-order valence-corrected chi connectivity index (χ0v) is 14.4. The molecule has 23 heavy (non-hydrogen) atoms. The molecule has 2 aromatic carbocycles. The van der Waals surface area contributed by atoms with Crippen molar-refractivity contribution in [1.29, 1.82) is 0 Å². The molecule has 0 aliphatic rings. The van der Waals surface area contributed by atoms with Gasteiger partial charge >= 0.3 is 0 Å². The van der Waals surface area contributed by atoms with Crippen LogP contribution in [0.3, 0.4) is 0 Å². The molecule has 0 heterocycles. The van der Waals surface area contributed by atoms with Gasteiger partial charge in [0.15, 0.2) is 6.10 Å². The average Bonchev–Trinajstić information content (AvgIpc) is 2.52. The minimum absolute atomic E-state index is 0.326. The minimum Gasteiger partial charge on any atom is -0.492 e. The molecule has 2 aromatic rings. The highest BCUT2D eigenvalue weighted by Crippen LogP contribution is 2.27. The summed E-state index contributed by atoms with van der Waals surface area (Å²) in [5.74, 6) is 0.283. The van der Waals surface area contributed by atoms with Crippen LogP contribution in [0.25, 0.3) is 0 Å². The number of halogens is 2. The molecule has 2 rings (SSSR count). The van der Waals surface area contributed by atoms with Gasteiger partial charge in [-0.15, -0.1) is 0 Å². The van der Waals surface area contributed by atoms with E-state index < -0.39 is 6.10 Å². The van der Waals surface area contributed by atoms with Crippen LogP contribution in [0.5, 0.6) is 11.5 Å². The molecule has 122 valence electrons. The number of rotatable bonds is 6. The maximum atomic E-state index is 13.1. The van der Waals surface area contributed by atoms with Crippen LogP contribution in [0.4, 0.5) is 10.1 Å². The number of carbonyl (C=O) groups is 1. The Morgan fingerprint density at radius 2 is 2.00 bits per heavy atom. The van der Waals surface area contributed by atoms with Crippen molar-refractivity contribution >= 4 is 27.5 Å². The summed E-state index contributed by atoms with van der Waals surface area (Å²) in [4.78, 5) is 12.3. The largest absolute Gasteiger partial charge is 0.492 e. The first-order chi connectivity index (χ1) is 11.0. The fourth-order valence-electron chi connectivity index (χ4n) is 1.90. The fraction of sp³-hybridized carbons (Fsp3) is 0.235. The summed E-state index contributed by atoms with van der Waals surface area (Å²) in [6, 6.07) is 11.2. The number of hydrogen-bond acceptors (Lipinski definition) is 3. The lowest BCUT2D eigenvalue weighted by atomic mass is 10.2. The molecule has 4 nitrogen and oxygen atoms in total. The molecule has 1 amide bonds. The van der Waals surface area contributed by atoms with Crippen molar-refractivity contribution < 1.29 is 18.7 Å². The van der Waals surface area contributed by atoms with E-state index in [1.54, 1.807) is 25.1 Å². The SMILES string of the molecule is CCOc1ccccc1NC(=O)C(C)Oc1ccc(F)cc1Br. The highest BCUT2D eigenvalue weighted by molar-refractivity contribution is 9.10. The molecule has 0 saturated carbocycles. The number of benzene rings is 2. The molecule has 0 spiro atoms. The molecule has 0 aromatic heterocycles. The summed E-state index contributed by atoms with van der Waals surface area (Å²) in [7, 11) is 0. The van der Waals surface area contributed by atoms with E-state index in [-0.39, 0.29) is 11.7 Å². The maximum Gasteiger partial charge on any atom is 0.265 e. The van der Waals surface area contributed by atoms with Crippen LogP contribution >= 0.6 is 15.9 Å². The normalized spacial score (nSPS) is 11.7. The Morgan fingerprint density at radius 3 is 2.70 bits per heavy atom. The van der Waals surface area contributed by atoms with Gasteiger partial charge in [0.2, 0.25) is 0 Å². The third kappa shape index (κ3) is 4.69. The van der Waals surface area contributed by atoms with Crippen LogP contribution in [0.2, 0.25) is 0 Å². The summed E-state index contributed by atoms with van der Waals surface area (Å²) >= 11 is 3.21. The van der Waals surface area contributed by atoms with Crippen LogP contribution in [0.15, 0.2) is 46.9 Å². The molecule has 0 saturated heterocycles. The van der Waals surface area contributed by atoms with Crippen LogP contribution in [0.1, 0.15) is 13.8 Å². The lowest BCUT2D eigenvalue weighted by Gasteiger charge is -2.17. The third-order valence-electron chi connectivity index (χ3n) is 3.01. The van der Waals surface area contributed by atoms with Crippen molar-refractivity contribution in [2.75, 3.05) is 11.9 Å². The van der Waals surface area contributed by atoms with Crippen LogP contribution in [-0.2, 0) is 4.79 Å². The average molecular weight is 382 g/mol. The number of ether oxygens (including phenoxy) is 2. The summed E-state index contributed by atoms with van der Waals surface area (Å²) in [6.45, 7) is 3.99. The molecular formula is C17H17BrFNO3. The predicted octanol–water partition coefficient (Wildman–Crippen LogP) is 4.39. The van der Waals surface area contributed by atoms with Gasteiger partial charge in [0.25, 0.3) is 5.91 Å². The van der Waals surface area contributed by atoms with Gasteiger partial charge in [-0.25, -0.2) is 4.39 Å². The number of hydrogen-bond donors (Lipinski definition) is 1. The predicted molar refractivity (Wildman–Crippen MR) is 90.4 cm³/mol. The fourth-order valence-corrected chi connectivity index (χ4v) is 2.34. The van der Waals surface area contributed by atoms with E-state index in [4.69, 9.17) is 9.47 Å². The lowest BCUT2D eigenvalue weighted by molar-refractivity contribution is -0.122. The van der Waals surface area contributed by atoms with E-state index in [0.717, 1.165) is 0 Å². The Hall–Kier alpha value is -2.08. The molecule has 0 aliphatic carbocycles. The first-order valence-corrected chi connectivity index (χ1v) is 7.95. The Balaban J connectivity index is 2.05. The number of anilines is 1. The van der Waals surface area contributed by atoms with Gasteiger partial charge in [0.1, 0.15) is 17.3 Å². The van der Waals surface area contributed by atoms with Crippen molar-refractivity contribution in [3.63, 3.8) is 0 Å². The molecule has 0 radical (unpaired) electrons. The smallest absolute Gasteiger partial charge is 0.265 e. The maximum absolute atomic E-state index is 13.1. The van der Waals surface area contributed by atoms with E-state index in [1.807, 2.05) is 13.0 Å². The molecule has 0 bridgehead atoms. The van der Waals surface area contributed by atoms with E-state index in [9.17, 15) is 9.18 Å². The second-order valence-electron chi connectivity index (χ2n) is 4.75. The summed E-state index contributed by atoms with van der Waals surface area (Å²) in [5.41, 5.74) is 0.577. The van der Waals surface area contributed by atoms with Gasteiger partial charge < -0.3 is 14.8 Å². The van der Waals surface area contributed by atoms with E-state index >= 15 is 0 Å². The monoisotopic (exact) mass is 381 g/mol. The molecule has 1 N–H and O–H groups in total. The summed E-state index contributed by atoms with van der Waals surface area (Å²) < 4.78 is 24.6. The van der Waals surface area contributed by atoms with Crippen LogP contribution < -0.4 is 14.8 Å². The highest BCUT2D eigenvalue weighted by Gasteiger charge is 2.18. The van der Waals surface area contributed by atoms with Crippen molar-refractivity contribution in [2.24, 2.45) is 0 Å². The Morgan fingerprint density at radius 1 is 1.26 bits per heavy atom. The van der Waals surface area contributed by atoms with Gasteiger partial charge in [-0.3, -0.25) is 4.79 Å². The first-order valence-electron chi connectivity index (χ1n) is 7.15. The first kappa shape index (κ1) is 17.3. The van der Waals surface area contributed by atoms with E-state index in [1.165, 1.54) is 18.2 Å². The standard InChI is InChI=1S/C17H17BrFNO3/c1-3-22-16-7-5-4-6-14(16)20-17(21)11(2)23-15-9-8-12(19)10-13(15)18/h4-11H,3H2,1-2H3,(H,20,21). The van der Waals surface area contributed by atoms with Gasteiger partial charge in [0.05, 0.1) is 16.8 Å². The molecule has 0 fully saturated rings. The zero-order valence-electron chi connectivity index (χ0n) is 12.8. The molecule has 1 atom stereocenters. The van der Waals surface area contributed by atoms with Crippen LogP contribution in [-0.4, -0.2) is 18.6 Å². The molecular weight excluding hydrogens is 365 g/mol. The van der Waals surface area contributed by atoms with Crippen molar-refractivity contribution in [3.8, 4) is 11.5 Å².